The molecule has 0 saturated carbocycles. The molecule has 242 valence electrons. The fourth-order valence-electron chi connectivity index (χ4n) is 5.79. The highest BCUT2D eigenvalue weighted by molar-refractivity contribution is 7.12. The van der Waals surface area contributed by atoms with Gasteiger partial charge in [0.1, 0.15) is 5.82 Å². The van der Waals surface area contributed by atoms with Gasteiger partial charge in [-0.25, -0.2) is 9.48 Å². The van der Waals surface area contributed by atoms with Gasteiger partial charge < -0.3 is 10.2 Å². The van der Waals surface area contributed by atoms with Crippen molar-refractivity contribution in [1.82, 2.24) is 14.7 Å². The fourth-order valence-corrected chi connectivity index (χ4v) is 6.80. The molecule has 0 bridgehead atoms. The van der Waals surface area contributed by atoms with Crippen LogP contribution in [0, 0.1) is 12.8 Å². The quantitative estimate of drug-likeness (QED) is 0.182. The Hall–Kier alpha value is -4.40. The van der Waals surface area contributed by atoms with Gasteiger partial charge in [0.25, 0.3) is 5.91 Å². The number of hydrogen-bond donors (Lipinski definition) is 2. The van der Waals surface area contributed by atoms with Crippen LogP contribution < -0.4 is 10.6 Å². The van der Waals surface area contributed by atoms with E-state index in [-0.39, 0.29) is 17.4 Å². The zero-order chi connectivity index (χ0) is 33.1. The summed E-state index contributed by atoms with van der Waals surface area (Å²) in [7, 11) is 0. The highest BCUT2D eigenvalue weighted by Crippen LogP contribution is 2.30. The Morgan fingerprint density at radius 3 is 2.23 bits per heavy atom. The van der Waals surface area contributed by atoms with Gasteiger partial charge in [-0.3, -0.25) is 10.1 Å². The van der Waals surface area contributed by atoms with Crippen molar-refractivity contribution in [2.45, 2.75) is 52.4 Å². The maximum absolute atomic E-state index is 13.2. The van der Waals surface area contributed by atoms with Gasteiger partial charge in [-0.15, -0.1) is 11.3 Å². The molecule has 1 aliphatic heterocycles. The number of amides is 3. The van der Waals surface area contributed by atoms with Crippen molar-refractivity contribution in [3.05, 3.63) is 117 Å². The number of nitrogens with one attached hydrogen (secondary N) is 2. The topological polar surface area (TPSA) is 79.3 Å². The van der Waals surface area contributed by atoms with Crippen LogP contribution in [0.15, 0.2) is 90.3 Å². The lowest BCUT2D eigenvalue weighted by Gasteiger charge is -2.32. The molecule has 3 heterocycles. The van der Waals surface area contributed by atoms with Crippen LogP contribution in [0.3, 0.4) is 0 Å². The van der Waals surface area contributed by atoms with E-state index in [0.717, 1.165) is 71.0 Å². The van der Waals surface area contributed by atoms with Crippen LogP contribution in [0.2, 0.25) is 5.02 Å². The van der Waals surface area contributed by atoms with E-state index in [0.29, 0.717) is 16.8 Å². The molecule has 6 rings (SSSR count). The maximum Gasteiger partial charge on any atom is 0.324 e. The predicted octanol–water partition coefficient (Wildman–Crippen LogP) is 9.60. The number of carbonyl (C=O) groups is 2. The van der Waals surface area contributed by atoms with Crippen LogP contribution in [0.1, 0.15) is 60.1 Å². The van der Waals surface area contributed by atoms with Crippen molar-refractivity contribution >= 4 is 46.4 Å². The number of anilines is 2. The third kappa shape index (κ3) is 7.95. The largest absolute Gasteiger partial charge is 0.338 e. The first kappa shape index (κ1) is 32.5. The zero-order valence-electron chi connectivity index (χ0n) is 27.2. The molecular weight excluding hydrogens is 626 g/mol. The fraction of sp³-hybridized carbons (Fsp3) is 0.289. The third-order valence-electron chi connectivity index (χ3n) is 8.62. The predicted molar refractivity (Wildman–Crippen MR) is 193 cm³/mol. The molecule has 2 N–H and O–H groups in total. The Morgan fingerprint density at radius 2 is 1.57 bits per heavy atom. The summed E-state index contributed by atoms with van der Waals surface area (Å²) in [6.45, 7) is 9.87. The molecule has 5 aromatic rings. The van der Waals surface area contributed by atoms with E-state index < -0.39 is 0 Å². The van der Waals surface area contributed by atoms with Gasteiger partial charge in [-0.1, -0.05) is 74.3 Å². The summed E-state index contributed by atoms with van der Waals surface area (Å²) in [6.07, 6.45) is 2.88. The lowest BCUT2D eigenvalue weighted by molar-refractivity contribution is 0.0695. The van der Waals surface area contributed by atoms with E-state index in [4.69, 9.17) is 16.7 Å². The van der Waals surface area contributed by atoms with Crippen LogP contribution in [-0.2, 0) is 11.8 Å². The smallest absolute Gasteiger partial charge is 0.324 e. The molecule has 0 unspecified atom stereocenters. The van der Waals surface area contributed by atoms with Gasteiger partial charge in [0.2, 0.25) is 0 Å². The molecule has 0 spiro atoms. The number of aryl methyl sites for hydroxylation is 1. The molecule has 0 atom stereocenters. The van der Waals surface area contributed by atoms with Crippen LogP contribution >= 0.6 is 22.9 Å². The van der Waals surface area contributed by atoms with E-state index in [1.807, 2.05) is 90.0 Å². The minimum absolute atomic E-state index is 0.110. The second kappa shape index (κ2) is 13.8. The molecule has 9 heteroatoms. The Balaban J connectivity index is 1.01. The lowest BCUT2D eigenvalue weighted by Crippen LogP contribution is -2.38. The number of hydrogen-bond acceptors (Lipinski definition) is 4. The molecule has 3 amide bonds. The minimum Gasteiger partial charge on any atom is -0.338 e. The zero-order valence-corrected chi connectivity index (χ0v) is 28.8. The standard InChI is InChI=1S/C38H40ClN5O2S/c1-25-5-15-32(16-6-25)44-35(23-34(42-44)38(2,3)4)41-37(46)40-31-13-7-26(8-14-31)21-27-17-19-43(20-18-27)36(45)33-22-29(24-47-33)28-9-11-30(39)12-10-28/h5-16,22-24,27H,17-21H2,1-4H3,(H2,40,41,46). The van der Waals surface area contributed by atoms with Crippen molar-refractivity contribution in [3.63, 3.8) is 0 Å². The highest BCUT2D eigenvalue weighted by Gasteiger charge is 2.25. The number of likely N-dealkylation sites (tertiary alicyclic amines) is 1. The number of aromatic nitrogens is 2. The Kier molecular flexibility index (Phi) is 9.52. The van der Waals surface area contributed by atoms with Gasteiger partial charge in [0, 0.05) is 35.3 Å². The summed E-state index contributed by atoms with van der Waals surface area (Å²) in [4.78, 5) is 29.0. The number of thiophene rings is 1. The van der Waals surface area contributed by atoms with Gasteiger partial charge in [-0.2, -0.15) is 5.10 Å². The molecule has 2 aromatic heterocycles. The number of urea groups is 1. The van der Waals surface area contributed by atoms with Gasteiger partial charge in [-0.05, 0) is 96.6 Å². The summed E-state index contributed by atoms with van der Waals surface area (Å²) in [5.41, 5.74) is 6.81. The number of nitrogens with zero attached hydrogens (tertiary/aromatic N) is 3. The Labute approximate surface area is 285 Å². The van der Waals surface area contributed by atoms with Crippen molar-refractivity contribution < 1.29 is 9.59 Å². The summed E-state index contributed by atoms with van der Waals surface area (Å²) < 4.78 is 1.78. The molecule has 1 aliphatic rings. The SMILES string of the molecule is Cc1ccc(-n2nc(C(C)(C)C)cc2NC(=O)Nc2ccc(CC3CCN(C(=O)c4cc(-c5ccc(Cl)cc5)cs4)CC3)cc2)cc1. The average molecular weight is 666 g/mol. The molecule has 7 nitrogen and oxygen atoms in total. The monoisotopic (exact) mass is 665 g/mol. The van der Waals surface area contributed by atoms with Gasteiger partial charge in [0.15, 0.2) is 0 Å². The average Bonchev–Trinajstić information content (AvgIpc) is 3.71. The molecular formula is C38H40ClN5O2S. The maximum atomic E-state index is 13.2. The van der Waals surface area contributed by atoms with E-state index in [1.165, 1.54) is 16.9 Å². The summed E-state index contributed by atoms with van der Waals surface area (Å²) in [5, 5.41) is 13.5. The van der Waals surface area contributed by atoms with Crippen molar-refractivity contribution in [2.75, 3.05) is 23.7 Å². The number of carbonyl (C=O) groups excluding carboxylic acids is 2. The van der Waals surface area contributed by atoms with E-state index >= 15 is 0 Å². The number of rotatable bonds is 7. The van der Waals surface area contributed by atoms with Crippen LogP contribution in [-0.4, -0.2) is 39.7 Å². The molecule has 1 fully saturated rings. The number of halogens is 1. The molecule has 1 saturated heterocycles. The first-order valence-electron chi connectivity index (χ1n) is 16.0. The van der Waals surface area contributed by atoms with Crippen LogP contribution in [0.4, 0.5) is 16.3 Å². The first-order chi connectivity index (χ1) is 22.5. The Bertz CT molecular complexity index is 1850. The summed E-state index contributed by atoms with van der Waals surface area (Å²) >= 11 is 7.52. The minimum atomic E-state index is -0.325. The number of piperidine rings is 1. The van der Waals surface area contributed by atoms with E-state index in [9.17, 15) is 9.59 Å². The lowest BCUT2D eigenvalue weighted by atomic mass is 9.90. The van der Waals surface area contributed by atoms with E-state index in [2.05, 4.69) is 43.5 Å². The molecule has 3 aromatic carbocycles. The molecule has 0 aliphatic carbocycles. The van der Waals surface area contributed by atoms with Crippen molar-refractivity contribution in [3.8, 4) is 16.8 Å². The third-order valence-corrected chi connectivity index (χ3v) is 9.79. The van der Waals surface area contributed by atoms with E-state index in [1.54, 1.807) is 4.68 Å². The van der Waals surface area contributed by atoms with Crippen LogP contribution in [0.5, 0.6) is 0 Å². The number of benzene rings is 3. The van der Waals surface area contributed by atoms with Gasteiger partial charge in [0.05, 0.1) is 16.3 Å². The van der Waals surface area contributed by atoms with Gasteiger partial charge >= 0.3 is 6.03 Å². The first-order valence-corrected chi connectivity index (χ1v) is 17.3. The van der Waals surface area contributed by atoms with Crippen LogP contribution in [0.25, 0.3) is 16.8 Å². The second-order valence-electron chi connectivity index (χ2n) is 13.3. The summed E-state index contributed by atoms with van der Waals surface area (Å²) in [6, 6.07) is 27.4. The highest BCUT2D eigenvalue weighted by atomic mass is 35.5. The Morgan fingerprint density at radius 1 is 0.894 bits per heavy atom. The van der Waals surface area contributed by atoms with Crippen molar-refractivity contribution in [1.29, 1.82) is 0 Å². The van der Waals surface area contributed by atoms with Crippen molar-refractivity contribution in [2.24, 2.45) is 5.92 Å². The molecule has 0 radical (unpaired) electrons. The second-order valence-corrected chi connectivity index (χ2v) is 14.7. The summed E-state index contributed by atoms with van der Waals surface area (Å²) in [5.74, 6) is 1.23. The normalized spacial score (nSPS) is 13.9. The molecule has 47 heavy (non-hydrogen) atoms.